The van der Waals surface area contributed by atoms with Crippen molar-refractivity contribution in [3.05, 3.63) is 191 Å². The Bertz CT molecular complexity index is 3430. The van der Waals surface area contributed by atoms with E-state index < -0.39 is 0 Å². The lowest BCUT2D eigenvalue weighted by Gasteiger charge is -2.27. The van der Waals surface area contributed by atoms with Gasteiger partial charge in [0.15, 0.2) is 0 Å². The van der Waals surface area contributed by atoms with E-state index in [-0.39, 0.29) is 10.8 Å². The van der Waals surface area contributed by atoms with Gasteiger partial charge < -0.3 is 0 Å². The van der Waals surface area contributed by atoms with Crippen LogP contribution in [-0.2, 0) is 10.8 Å². The molecule has 0 bridgehead atoms. The fraction of sp³-hybridized carbons (Fsp3) is 0.182. The lowest BCUT2D eigenvalue weighted by Crippen LogP contribution is -2.12. The minimum Gasteiger partial charge on any atom is -0.0622 e. The Kier molecular flexibility index (Phi) is 8.73. The maximum absolute atomic E-state index is 2.50. The Morgan fingerprint density at radius 3 is 0.803 bits per heavy atom. The van der Waals surface area contributed by atoms with Gasteiger partial charge in [-0.1, -0.05) is 199 Å². The molecule has 12 rings (SSSR count). The van der Waals surface area contributed by atoms with Crippen LogP contribution in [0.4, 0.5) is 0 Å². The molecule has 2 aliphatic rings. The standard InChI is InChI=1S/C66H56/c1-37-33-43(65(5,6)7)34-38(2)53(37)59-47-27-19-20-28-48(47)60(54-39(3)35-44(36-40(54)4)66(8,9)10)64-52-32-30-50-57-49(29-31-51(58(52)57)63(59)64)61-55(41-21-13-11-14-22-41)45-25-17-18-26-46(45)56(62(50)61)42-23-15-12-16-24-42/h11-36H,1-10H3. The highest BCUT2D eigenvalue weighted by Crippen LogP contribution is 2.65. The first-order chi connectivity index (χ1) is 31.7. The molecule has 0 saturated carbocycles. The third-order valence-corrected chi connectivity index (χ3v) is 15.1. The van der Waals surface area contributed by atoms with Gasteiger partial charge in [-0.25, -0.2) is 0 Å². The first-order valence-corrected chi connectivity index (χ1v) is 23.9. The number of rotatable bonds is 4. The van der Waals surface area contributed by atoms with Crippen molar-refractivity contribution in [2.45, 2.75) is 80.1 Å². The van der Waals surface area contributed by atoms with Crippen molar-refractivity contribution < 1.29 is 0 Å². The van der Waals surface area contributed by atoms with E-state index in [1.165, 1.54) is 155 Å². The van der Waals surface area contributed by atoms with Gasteiger partial charge in [-0.05, 0) is 193 Å². The van der Waals surface area contributed by atoms with Crippen LogP contribution in [-0.4, -0.2) is 0 Å². The minimum absolute atomic E-state index is 0.0388. The third kappa shape index (κ3) is 5.70. The summed E-state index contributed by atoms with van der Waals surface area (Å²) in [7, 11) is 0. The molecule has 0 N–H and O–H groups in total. The van der Waals surface area contributed by atoms with Crippen LogP contribution in [0.5, 0.6) is 0 Å². The monoisotopic (exact) mass is 848 g/mol. The minimum atomic E-state index is 0.0388. The van der Waals surface area contributed by atoms with E-state index in [1.807, 2.05) is 0 Å². The van der Waals surface area contributed by atoms with Crippen molar-refractivity contribution >= 4 is 32.3 Å². The molecule has 320 valence electrons. The van der Waals surface area contributed by atoms with Crippen LogP contribution >= 0.6 is 0 Å². The van der Waals surface area contributed by atoms with Crippen LogP contribution in [0.15, 0.2) is 158 Å². The van der Waals surface area contributed by atoms with Gasteiger partial charge in [0, 0.05) is 0 Å². The number of hydrogen-bond acceptors (Lipinski definition) is 0. The van der Waals surface area contributed by atoms with Crippen LogP contribution in [0.2, 0.25) is 0 Å². The number of hydrogen-bond donors (Lipinski definition) is 0. The van der Waals surface area contributed by atoms with Gasteiger partial charge in [0.2, 0.25) is 0 Å². The van der Waals surface area contributed by atoms with Crippen molar-refractivity contribution in [3.63, 3.8) is 0 Å². The van der Waals surface area contributed by atoms with Gasteiger partial charge >= 0.3 is 0 Å². The van der Waals surface area contributed by atoms with Crippen molar-refractivity contribution in [2.24, 2.45) is 0 Å². The number of fused-ring (bicyclic) bond motifs is 8. The molecule has 10 aromatic carbocycles. The summed E-state index contributed by atoms with van der Waals surface area (Å²) in [6.45, 7) is 23.4. The zero-order chi connectivity index (χ0) is 45.6. The van der Waals surface area contributed by atoms with E-state index in [0.29, 0.717) is 0 Å². The average molecular weight is 849 g/mol. The zero-order valence-corrected chi connectivity index (χ0v) is 40.0. The summed E-state index contributed by atoms with van der Waals surface area (Å²) < 4.78 is 0. The van der Waals surface area contributed by atoms with Gasteiger partial charge in [-0.3, -0.25) is 0 Å². The molecular weight excluding hydrogens is 793 g/mol. The highest BCUT2D eigenvalue weighted by atomic mass is 14.4. The Balaban J connectivity index is 1.27. The van der Waals surface area contributed by atoms with Crippen LogP contribution in [0.1, 0.15) is 74.9 Å². The van der Waals surface area contributed by atoms with Gasteiger partial charge in [-0.15, -0.1) is 0 Å². The summed E-state index contributed by atoms with van der Waals surface area (Å²) in [6.07, 6.45) is 0. The molecule has 0 aromatic heterocycles. The van der Waals surface area contributed by atoms with E-state index in [0.717, 1.165) is 0 Å². The van der Waals surface area contributed by atoms with Crippen LogP contribution < -0.4 is 0 Å². The van der Waals surface area contributed by atoms with E-state index in [1.54, 1.807) is 0 Å². The molecular formula is C66H56. The molecule has 0 radical (unpaired) electrons. The molecule has 0 spiro atoms. The lowest BCUT2D eigenvalue weighted by atomic mass is 9.76. The van der Waals surface area contributed by atoms with Crippen LogP contribution in [0.3, 0.4) is 0 Å². The normalized spacial score (nSPS) is 12.7. The first kappa shape index (κ1) is 40.5. The zero-order valence-electron chi connectivity index (χ0n) is 40.0. The van der Waals surface area contributed by atoms with E-state index in [4.69, 9.17) is 0 Å². The highest BCUT2D eigenvalue weighted by molar-refractivity contribution is 6.35. The van der Waals surface area contributed by atoms with Crippen molar-refractivity contribution in [1.82, 2.24) is 0 Å². The van der Waals surface area contributed by atoms with Crippen molar-refractivity contribution in [3.8, 4) is 89.0 Å². The Hall–Kier alpha value is -7.02. The SMILES string of the molecule is Cc1cc(C(C)(C)C)cc(C)c1-c1c2c(c(-c3c(C)cc(C(C)(C)C)cc3C)c3ccccc13)-c1ccc3c4c(ccc-2c14)-c1c-3c(-c2ccccc2)c2ccccc2c1-c1ccccc1. The average Bonchev–Trinajstić information content (AvgIpc) is 3.80. The van der Waals surface area contributed by atoms with Gasteiger partial charge in [0.1, 0.15) is 0 Å². The molecule has 2 aliphatic carbocycles. The molecule has 66 heavy (non-hydrogen) atoms. The molecule has 0 heteroatoms. The fourth-order valence-electron chi connectivity index (χ4n) is 12.2. The quantitative estimate of drug-likeness (QED) is 0.166. The number of aryl methyl sites for hydroxylation is 4. The maximum Gasteiger partial charge on any atom is -0.000720 e. The van der Waals surface area contributed by atoms with Crippen LogP contribution in [0, 0.1) is 27.7 Å². The summed E-state index contributed by atoms with van der Waals surface area (Å²) in [5.41, 5.74) is 29.4. The maximum atomic E-state index is 2.50. The lowest BCUT2D eigenvalue weighted by molar-refractivity contribution is 0.589. The molecule has 0 fully saturated rings. The fourth-order valence-corrected chi connectivity index (χ4v) is 12.2. The van der Waals surface area contributed by atoms with E-state index >= 15 is 0 Å². The summed E-state index contributed by atoms with van der Waals surface area (Å²) in [6, 6.07) is 60.4. The van der Waals surface area contributed by atoms with Crippen molar-refractivity contribution in [2.75, 3.05) is 0 Å². The summed E-state index contributed by atoms with van der Waals surface area (Å²) in [4.78, 5) is 0. The second-order valence-corrected chi connectivity index (χ2v) is 21.4. The number of benzene rings is 10. The van der Waals surface area contributed by atoms with Gasteiger partial charge in [-0.2, -0.15) is 0 Å². The second-order valence-electron chi connectivity index (χ2n) is 21.4. The third-order valence-electron chi connectivity index (χ3n) is 15.1. The van der Waals surface area contributed by atoms with E-state index in [9.17, 15) is 0 Å². The molecule has 0 saturated heterocycles. The predicted octanol–water partition coefficient (Wildman–Crippen LogP) is 18.9. The molecule has 0 atom stereocenters. The van der Waals surface area contributed by atoms with Gasteiger partial charge in [0.05, 0.1) is 0 Å². The summed E-state index contributed by atoms with van der Waals surface area (Å²) in [5, 5.41) is 7.94. The van der Waals surface area contributed by atoms with E-state index in [2.05, 4.69) is 227 Å². The summed E-state index contributed by atoms with van der Waals surface area (Å²) in [5.74, 6) is 0. The Morgan fingerprint density at radius 1 is 0.258 bits per heavy atom. The van der Waals surface area contributed by atoms with Crippen LogP contribution in [0.25, 0.3) is 121 Å². The van der Waals surface area contributed by atoms with Gasteiger partial charge in [0.25, 0.3) is 0 Å². The molecule has 0 aliphatic heterocycles. The Labute approximate surface area is 390 Å². The largest absolute Gasteiger partial charge is 0.0622 e. The second kappa shape index (κ2) is 14.2. The van der Waals surface area contributed by atoms with Crippen molar-refractivity contribution in [1.29, 1.82) is 0 Å². The topological polar surface area (TPSA) is 0 Å². The molecule has 0 amide bonds. The summed E-state index contributed by atoms with van der Waals surface area (Å²) >= 11 is 0. The Morgan fingerprint density at radius 2 is 0.515 bits per heavy atom. The first-order valence-electron chi connectivity index (χ1n) is 23.9. The molecule has 0 nitrogen and oxygen atoms in total. The smallest absolute Gasteiger partial charge is 0.000720 e. The predicted molar refractivity (Wildman–Crippen MR) is 286 cm³/mol. The highest BCUT2D eigenvalue weighted by Gasteiger charge is 2.38. The molecule has 0 heterocycles. The molecule has 0 unspecified atom stereocenters. The molecule has 10 aromatic rings.